The van der Waals surface area contributed by atoms with Gasteiger partial charge in [0.2, 0.25) is 5.88 Å². The number of rotatable bonds is 6. The van der Waals surface area contributed by atoms with Crippen molar-refractivity contribution in [3.63, 3.8) is 0 Å². The average Bonchev–Trinajstić information content (AvgIpc) is 2.16. The van der Waals surface area contributed by atoms with Gasteiger partial charge in [-0.2, -0.15) is 4.98 Å². The highest BCUT2D eigenvalue weighted by Gasteiger charge is 2.04. The van der Waals surface area contributed by atoms with Crippen LogP contribution in [0, 0.1) is 6.92 Å². The van der Waals surface area contributed by atoms with Gasteiger partial charge in [-0.3, -0.25) is 4.79 Å². The summed E-state index contributed by atoms with van der Waals surface area (Å²) in [6, 6.07) is 1.64. The topological polar surface area (TPSA) is 81.5 Å². The fourth-order valence-electron chi connectivity index (χ4n) is 1.14. The van der Waals surface area contributed by atoms with Crippen molar-refractivity contribution in [1.29, 1.82) is 0 Å². The summed E-state index contributed by atoms with van der Waals surface area (Å²) in [5.41, 5.74) is 0.709. The third-order valence-electron chi connectivity index (χ3n) is 1.73. The summed E-state index contributed by atoms with van der Waals surface area (Å²) in [4.78, 5) is 18.5. The quantitative estimate of drug-likeness (QED) is 0.772. The van der Waals surface area contributed by atoms with Crippen LogP contribution in [0.5, 0.6) is 5.88 Å². The van der Waals surface area contributed by atoms with Crippen molar-refractivity contribution in [2.75, 3.05) is 13.7 Å². The summed E-state index contributed by atoms with van der Waals surface area (Å²) in [6.45, 7) is 2.21. The van der Waals surface area contributed by atoms with Crippen molar-refractivity contribution >= 4 is 5.97 Å². The highest BCUT2D eigenvalue weighted by molar-refractivity contribution is 5.66. The zero-order valence-electron chi connectivity index (χ0n) is 9.27. The molecule has 0 radical (unpaired) electrons. The number of hydrogen-bond donors (Lipinski definition) is 1. The SMILES string of the molecule is COCc1cc(OCCC(=O)O)nc(C)n1. The number of hydrogen-bond acceptors (Lipinski definition) is 5. The molecule has 0 fully saturated rings. The van der Waals surface area contributed by atoms with E-state index in [9.17, 15) is 4.79 Å². The molecule has 0 saturated carbocycles. The molecule has 0 atom stereocenters. The fraction of sp³-hybridized carbons (Fsp3) is 0.500. The van der Waals surface area contributed by atoms with Crippen LogP contribution in [0.3, 0.4) is 0 Å². The molecule has 0 spiro atoms. The molecular weight excluding hydrogens is 212 g/mol. The first kappa shape index (κ1) is 12.4. The molecule has 0 saturated heterocycles. The van der Waals surface area contributed by atoms with Crippen LogP contribution in [0.4, 0.5) is 0 Å². The Morgan fingerprint density at radius 2 is 2.25 bits per heavy atom. The van der Waals surface area contributed by atoms with Gasteiger partial charge >= 0.3 is 5.97 Å². The Kier molecular flexibility index (Phi) is 4.65. The first-order valence-corrected chi connectivity index (χ1v) is 4.80. The molecule has 0 bridgehead atoms. The lowest BCUT2D eigenvalue weighted by Crippen LogP contribution is -2.07. The van der Waals surface area contributed by atoms with Gasteiger partial charge in [-0.15, -0.1) is 0 Å². The van der Waals surface area contributed by atoms with E-state index in [0.29, 0.717) is 24.0 Å². The van der Waals surface area contributed by atoms with Crippen molar-refractivity contribution < 1.29 is 19.4 Å². The van der Waals surface area contributed by atoms with E-state index in [1.807, 2.05) is 0 Å². The number of aromatic nitrogens is 2. The van der Waals surface area contributed by atoms with Gasteiger partial charge in [0.1, 0.15) is 12.4 Å². The number of carbonyl (C=O) groups is 1. The smallest absolute Gasteiger partial charge is 0.306 e. The summed E-state index contributed by atoms with van der Waals surface area (Å²) >= 11 is 0. The summed E-state index contributed by atoms with van der Waals surface area (Å²) in [5.74, 6) is 0.0450. The molecule has 1 aromatic heterocycles. The predicted molar refractivity (Wildman–Crippen MR) is 55.2 cm³/mol. The maximum Gasteiger partial charge on any atom is 0.306 e. The Morgan fingerprint density at radius 1 is 1.50 bits per heavy atom. The molecule has 0 aromatic carbocycles. The molecule has 16 heavy (non-hydrogen) atoms. The minimum atomic E-state index is -0.900. The number of aryl methyl sites for hydroxylation is 1. The molecule has 0 unspecified atom stereocenters. The van der Waals surface area contributed by atoms with Gasteiger partial charge in [-0.25, -0.2) is 4.98 Å². The normalized spacial score (nSPS) is 10.1. The molecule has 88 valence electrons. The maximum absolute atomic E-state index is 10.3. The van der Waals surface area contributed by atoms with Crippen LogP contribution in [-0.2, 0) is 16.1 Å². The van der Waals surface area contributed by atoms with Gasteiger partial charge in [0.05, 0.1) is 18.7 Å². The Hall–Kier alpha value is -1.69. The van der Waals surface area contributed by atoms with Crippen LogP contribution in [0.25, 0.3) is 0 Å². The Balaban J connectivity index is 2.61. The van der Waals surface area contributed by atoms with Gasteiger partial charge < -0.3 is 14.6 Å². The van der Waals surface area contributed by atoms with E-state index in [2.05, 4.69) is 9.97 Å². The van der Waals surface area contributed by atoms with E-state index in [-0.39, 0.29) is 13.0 Å². The number of nitrogens with zero attached hydrogens (tertiary/aromatic N) is 2. The highest BCUT2D eigenvalue weighted by atomic mass is 16.5. The van der Waals surface area contributed by atoms with E-state index in [0.717, 1.165) is 0 Å². The van der Waals surface area contributed by atoms with Crippen molar-refractivity contribution in [2.45, 2.75) is 20.0 Å². The minimum absolute atomic E-state index is 0.0529. The van der Waals surface area contributed by atoms with Gasteiger partial charge in [-0.05, 0) is 6.92 Å². The van der Waals surface area contributed by atoms with Crippen LogP contribution < -0.4 is 4.74 Å². The Labute approximate surface area is 93.2 Å². The number of aliphatic carboxylic acids is 1. The second-order valence-electron chi connectivity index (χ2n) is 3.17. The first-order chi connectivity index (χ1) is 7.61. The van der Waals surface area contributed by atoms with E-state index >= 15 is 0 Å². The molecule has 0 aliphatic carbocycles. The van der Waals surface area contributed by atoms with Gasteiger partial charge in [0.15, 0.2) is 0 Å². The van der Waals surface area contributed by atoms with Gasteiger partial charge in [0.25, 0.3) is 0 Å². The molecule has 6 nitrogen and oxygen atoms in total. The van der Waals surface area contributed by atoms with Crippen molar-refractivity contribution in [2.24, 2.45) is 0 Å². The van der Waals surface area contributed by atoms with E-state index < -0.39 is 5.97 Å². The average molecular weight is 226 g/mol. The van der Waals surface area contributed by atoms with Crippen molar-refractivity contribution in [3.05, 3.63) is 17.6 Å². The summed E-state index contributed by atoms with van der Waals surface area (Å²) in [5, 5.41) is 8.45. The van der Waals surface area contributed by atoms with E-state index in [4.69, 9.17) is 14.6 Å². The lowest BCUT2D eigenvalue weighted by Gasteiger charge is -2.06. The number of ether oxygens (including phenoxy) is 2. The minimum Gasteiger partial charge on any atom is -0.481 e. The summed E-state index contributed by atoms with van der Waals surface area (Å²) in [7, 11) is 1.57. The van der Waals surface area contributed by atoms with Crippen molar-refractivity contribution in [3.8, 4) is 5.88 Å². The maximum atomic E-state index is 10.3. The second-order valence-corrected chi connectivity index (χ2v) is 3.17. The predicted octanol–water partition coefficient (Wildman–Crippen LogP) is 0.785. The second kappa shape index (κ2) is 6.02. The lowest BCUT2D eigenvalue weighted by atomic mass is 10.4. The van der Waals surface area contributed by atoms with E-state index in [1.54, 1.807) is 20.1 Å². The highest BCUT2D eigenvalue weighted by Crippen LogP contribution is 2.10. The number of carboxylic acid groups (broad SMARTS) is 1. The zero-order valence-corrected chi connectivity index (χ0v) is 9.27. The zero-order chi connectivity index (χ0) is 12.0. The van der Waals surface area contributed by atoms with Crippen LogP contribution >= 0.6 is 0 Å². The monoisotopic (exact) mass is 226 g/mol. The largest absolute Gasteiger partial charge is 0.481 e. The molecule has 1 N–H and O–H groups in total. The molecular formula is C10H14N2O4. The molecule has 0 amide bonds. The van der Waals surface area contributed by atoms with E-state index in [1.165, 1.54) is 0 Å². The molecule has 1 heterocycles. The molecule has 0 aliphatic rings. The summed E-state index contributed by atoms with van der Waals surface area (Å²) < 4.78 is 10.1. The first-order valence-electron chi connectivity index (χ1n) is 4.80. The molecule has 1 aromatic rings. The lowest BCUT2D eigenvalue weighted by molar-refractivity contribution is -0.137. The third kappa shape index (κ3) is 4.22. The standard InChI is InChI=1S/C10H14N2O4/c1-7-11-8(6-15-2)5-9(12-7)16-4-3-10(13)14/h5H,3-4,6H2,1-2H3,(H,13,14). The molecule has 6 heteroatoms. The van der Waals surface area contributed by atoms with Crippen LogP contribution in [-0.4, -0.2) is 34.8 Å². The number of methoxy groups -OCH3 is 1. The van der Waals surface area contributed by atoms with Gasteiger partial charge in [0, 0.05) is 13.2 Å². The van der Waals surface area contributed by atoms with Crippen LogP contribution in [0.15, 0.2) is 6.07 Å². The van der Waals surface area contributed by atoms with Gasteiger partial charge in [-0.1, -0.05) is 0 Å². The molecule has 1 rings (SSSR count). The Morgan fingerprint density at radius 3 is 2.88 bits per heavy atom. The Bertz CT molecular complexity index is 368. The number of carboxylic acids is 1. The summed E-state index contributed by atoms with van der Waals surface area (Å²) in [6.07, 6.45) is -0.0529. The van der Waals surface area contributed by atoms with Crippen LogP contribution in [0.1, 0.15) is 17.9 Å². The molecule has 0 aliphatic heterocycles. The van der Waals surface area contributed by atoms with Crippen LogP contribution in [0.2, 0.25) is 0 Å². The third-order valence-corrected chi connectivity index (χ3v) is 1.73. The fourth-order valence-corrected chi connectivity index (χ4v) is 1.14. The van der Waals surface area contributed by atoms with Crippen molar-refractivity contribution in [1.82, 2.24) is 9.97 Å².